The Hall–Kier alpha value is -0.500. The quantitative estimate of drug-likeness (QED) is 0.793. The van der Waals surface area contributed by atoms with Gasteiger partial charge in [-0.25, -0.2) is 0 Å². The molecule has 1 aliphatic heterocycles. The highest BCUT2D eigenvalue weighted by Crippen LogP contribution is 2.55. The van der Waals surface area contributed by atoms with Gasteiger partial charge in [-0.15, -0.1) is 0 Å². The summed E-state index contributed by atoms with van der Waals surface area (Å²) in [6, 6.07) is 0.655. The van der Waals surface area contributed by atoms with Crippen LogP contribution in [-0.2, 0) is 0 Å². The third-order valence-electron chi connectivity index (χ3n) is 7.70. The van der Waals surface area contributed by atoms with Crippen LogP contribution in [0.5, 0.6) is 0 Å². The minimum atomic E-state index is -0.0939. The summed E-state index contributed by atoms with van der Waals surface area (Å²) in [4.78, 5) is 2.55. The van der Waals surface area contributed by atoms with Gasteiger partial charge < -0.3 is 10.0 Å². The average Bonchev–Trinajstić information content (AvgIpc) is 2.80. The molecule has 0 aromatic rings. The van der Waals surface area contributed by atoms with Crippen molar-refractivity contribution in [2.45, 2.75) is 90.2 Å². The zero-order valence-electron chi connectivity index (χ0n) is 15.6. The maximum Gasteiger partial charge on any atom is 0.0565 e. The third kappa shape index (κ3) is 3.08. The van der Waals surface area contributed by atoms with Crippen LogP contribution in [0.25, 0.3) is 0 Å². The van der Waals surface area contributed by atoms with E-state index in [-0.39, 0.29) is 6.10 Å². The summed E-state index contributed by atoms with van der Waals surface area (Å²) in [5, 5.41) is 10.4. The second-order valence-electron chi connectivity index (χ2n) is 8.86. The van der Waals surface area contributed by atoms with Crippen LogP contribution in [0.3, 0.4) is 0 Å². The molecular weight excluding hydrogens is 282 g/mol. The average molecular weight is 320 g/mol. The van der Waals surface area contributed by atoms with Crippen molar-refractivity contribution in [2.75, 3.05) is 7.05 Å². The van der Waals surface area contributed by atoms with Crippen LogP contribution < -0.4 is 0 Å². The van der Waals surface area contributed by atoms with Gasteiger partial charge in [0, 0.05) is 24.2 Å². The molecule has 0 amide bonds. The maximum atomic E-state index is 10.4. The van der Waals surface area contributed by atoms with Gasteiger partial charge in [-0.1, -0.05) is 46.1 Å². The van der Waals surface area contributed by atoms with E-state index in [0.29, 0.717) is 17.4 Å². The van der Waals surface area contributed by atoms with E-state index in [9.17, 15) is 5.11 Å². The molecule has 3 fully saturated rings. The second-order valence-corrected chi connectivity index (χ2v) is 8.86. The van der Waals surface area contributed by atoms with E-state index >= 15 is 0 Å². The molecule has 132 valence electrons. The third-order valence-corrected chi connectivity index (χ3v) is 7.70. The lowest BCUT2D eigenvalue weighted by atomic mass is 9.66. The molecule has 2 nitrogen and oxygen atoms in total. The molecule has 5 atom stereocenters. The van der Waals surface area contributed by atoms with Crippen molar-refractivity contribution in [3.05, 3.63) is 12.3 Å². The molecule has 5 unspecified atom stereocenters. The predicted molar refractivity (Wildman–Crippen MR) is 97.1 cm³/mol. The highest BCUT2D eigenvalue weighted by atomic mass is 16.3. The van der Waals surface area contributed by atoms with Gasteiger partial charge in [-0.3, -0.25) is 0 Å². The Balaban J connectivity index is 1.75. The minimum Gasteiger partial charge on any atom is -0.393 e. The SMILES string of the molecule is C=C1N(C)C(C2CC(C(O)CC)CCC2C)CC12CCCCC2. The van der Waals surface area contributed by atoms with E-state index in [1.54, 1.807) is 0 Å². The van der Waals surface area contributed by atoms with Crippen molar-refractivity contribution in [1.29, 1.82) is 0 Å². The van der Waals surface area contributed by atoms with Crippen LogP contribution in [0.2, 0.25) is 0 Å². The van der Waals surface area contributed by atoms with Gasteiger partial charge >= 0.3 is 0 Å². The normalized spacial score (nSPS) is 39.0. The molecular formula is C21H37NO. The molecule has 0 aromatic heterocycles. The molecule has 1 N–H and O–H groups in total. The summed E-state index contributed by atoms with van der Waals surface area (Å²) in [5.41, 5.74) is 1.83. The van der Waals surface area contributed by atoms with Crippen LogP contribution in [0, 0.1) is 23.2 Å². The molecule has 2 heteroatoms. The molecule has 0 aromatic carbocycles. The van der Waals surface area contributed by atoms with Gasteiger partial charge in [0.2, 0.25) is 0 Å². The first kappa shape index (κ1) is 17.3. The molecule has 1 saturated heterocycles. The lowest BCUT2D eigenvalue weighted by Crippen LogP contribution is -2.41. The largest absolute Gasteiger partial charge is 0.393 e. The van der Waals surface area contributed by atoms with Crippen molar-refractivity contribution in [2.24, 2.45) is 23.2 Å². The van der Waals surface area contributed by atoms with Gasteiger partial charge in [-0.05, 0) is 56.3 Å². The van der Waals surface area contributed by atoms with Crippen LogP contribution in [0.15, 0.2) is 12.3 Å². The fourth-order valence-corrected chi connectivity index (χ4v) is 6.00. The van der Waals surface area contributed by atoms with E-state index < -0.39 is 0 Å². The Kier molecular flexibility index (Phi) is 5.11. The summed E-state index contributed by atoms with van der Waals surface area (Å²) < 4.78 is 0. The molecule has 23 heavy (non-hydrogen) atoms. The van der Waals surface area contributed by atoms with Gasteiger partial charge in [-0.2, -0.15) is 0 Å². The maximum absolute atomic E-state index is 10.4. The molecule has 0 bridgehead atoms. The topological polar surface area (TPSA) is 23.5 Å². The van der Waals surface area contributed by atoms with Crippen molar-refractivity contribution >= 4 is 0 Å². The smallest absolute Gasteiger partial charge is 0.0565 e. The number of rotatable bonds is 3. The fourth-order valence-electron chi connectivity index (χ4n) is 6.00. The van der Waals surface area contributed by atoms with E-state index in [1.807, 2.05) is 0 Å². The number of aliphatic hydroxyl groups excluding tert-OH is 1. The summed E-state index contributed by atoms with van der Waals surface area (Å²) in [6.45, 7) is 9.10. The van der Waals surface area contributed by atoms with Crippen molar-refractivity contribution in [1.82, 2.24) is 4.90 Å². The molecule has 3 rings (SSSR count). The highest BCUT2D eigenvalue weighted by Gasteiger charge is 2.50. The van der Waals surface area contributed by atoms with Crippen LogP contribution in [0.1, 0.15) is 78.1 Å². The fraction of sp³-hybridized carbons (Fsp3) is 0.905. The number of hydrogen-bond acceptors (Lipinski definition) is 2. The first-order valence-corrected chi connectivity index (χ1v) is 10.1. The van der Waals surface area contributed by atoms with Crippen LogP contribution in [-0.4, -0.2) is 29.2 Å². The highest BCUT2D eigenvalue weighted by molar-refractivity contribution is 5.19. The van der Waals surface area contributed by atoms with Gasteiger partial charge in [0.15, 0.2) is 0 Å². The lowest BCUT2D eigenvalue weighted by molar-refractivity contribution is 0.0292. The van der Waals surface area contributed by atoms with Crippen molar-refractivity contribution in [3.8, 4) is 0 Å². The predicted octanol–water partition coefficient (Wildman–Crippen LogP) is 4.98. The summed E-state index contributed by atoms with van der Waals surface area (Å²) in [5.74, 6) is 2.04. The number of hydrogen-bond donors (Lipinski definition) is 1. The van der Waals surface area contributed by atoms with Gasteiger partial charge in [0.05, 0.1) is 6.10 Å². The lowest BCUT2D eigenvalue weighted by Gasteiger charge is -2.42. The minimum absolute atomic E-state index is 0.0939. The van der Waals surface area contributed by atoms with Gasteiger partial charge in [0.1, 0.15) is 0 Å². The van der Waals surface area contributed by atoms with E-state index in [0.717, 1.165) is 18.3 Å². The Morgan fingerprint density at radius 3 is 2.61 bits per heavy atom. The summed E-state index contributed by atoms with van der Waals surface area (Å²) >= 11 is 0. The van der Waals surface area contributed by atoms with Gasteiger partial charge in [0.25, 0.3) is 0 Å². The van der Waals surface area contributed by atoms with E-state index in [1.165, 1.54) is 63.5 Å². The first-order chi connectivity index (χ1) is 11.0. The van der Waals surface area contributed by atoms with Crippen molar-refractivity contribution < 1.29 is 5.11 Å². The Morgan fingerprint density at radius 1 is 1.26 bits per heavy atom. The molecule has 1 heterocycles. The van der Waals surface area contributed by atoms with E-state index in [2.05, 4.69) is 32.4 Å². The summed E-state index contributed by atoms with van der Waals surface area (Å²) in [7, 11) is 2.29. The van der Waals surface area contributed by atoms with Crippen molar-refractivity contribution in [3.63, 3.8) is 0 Å². The monoisotopic (exact) mass is 319 g/mol. The second kappa shape index (κ2) is 6.78. The molecule has 2 saturated carbocycles. The standard InChI is InChI=1S/C21H37NO/c1-5-20(23)17-10-9-15(2)18(13-17)19-14-21(16(3)22(19)4)11-7-6-8-12-21/h15,17-20,23H,3,5-14H2,1-2,4H3. The molecule has 2 aliphatic carbocycles. The van der Waals surface area contributed by atoms with E-state index in [4.69, 9.17) is 0 Å². The zero-order valence-corrected chi connectivity index (χ0v) is 15.6. The Labute approximate surface area is 143 Å². The Morgan fingerprint density at radius 2 is 1.96 bits per heavy atom. The molecule has 3 aliphatic rings. The number of likely N-dealkylation sites (tertiary alicyclic amines) is 1. The number of nitrogens with zero attached hydrogens (tertiary/aromatic N) is 1. The number of allylic oxidation sites excluding steroid dienone is 1. The molecule has 1 spiro atoms. The Bertz CT molecular complexity index is 426. The van der Waals surface area contributed by atoms with Crippen LogP contribution in [0.4, 0.5) is 0 Å². The van der Waals surface area contributed by atoms with Crippen LogP contribution >= 0.6 is 0 Å². The number of aliphatic hydroxyl groups is 1. The zero-order chi connectivity index (χ0) is 16.6. The first-order valence-electron chi connectivity index (χ1n) is 10.1. The molecule has 0 radical (unpaired) electrons. The summed E-state index contributed by atoms with van der Waals surface area (Å²) in [6.07, 6.45) is 12.8.